The second kappa shape index (κ2) is 4.18. The van der Waals surface area contributed by atoms with Crippen LogP contribution in [-0.4, -0.2) is 33.8 Å². The maximum absolute atomic E-state index is 10.4. The van der Waals surface area contributed by atoms with E-state index in [4.69, 9.17) is 12.2 Å². The molecule has 3 nitrogen and oxygen atoms in total. The van der Waals surface area contributed by atoms with Crippen LogP contribution in [0.5, 0.6) is 0 Å². The largest absolute Gasteiger partial charge is 0.391 e. The molecule has 3 fully saturated rings. The van der Waals surface area contributed by atoms with E-state index in [1.165, 1.54) is 12.8 Å². The zero-order valence-electron chi connectivity index (χ0n) is 10.7. The van der Waals surface area contributed by atoms with Gasteiger partial charge in [-0.2, -0.15) is 0 Å². The number of nitrogens with one attached hydrogen (secondary N) is 1. The normalized spacial score (nSPS) is 38.8. The Hall–Kier alpha value is -1.13. The number of rotatable bonds is 1. The van der Waals surface area contributed by atoms with Crippen molar-refractivity contribution in [3.63, 3.8) is 0 Å². The molecule has 19 heavy (non-hydrogen) atoms. The highest BCUT2D eigenvalue weighted by Gasteiger charge is 2.59. The van der Waals surface area contributed by atoms with Gasteiger partial charge in [-0.15, -0.1) is 0 Å². The molecule has 1 aromatic carbocycles. The molecule has 5 atom stereocenters. The van der Waals surface area contributed by atoms with E-state index in [0.717, 1.165) is 23.3 Å². The molecule has 1 aliphatic heterocycles. The summed E-state index contributed by atoms with van der Waals surface area (Å²) in [7, 11) is 0. The molecule has 2 aliphatic carbocycles. The lowest BCUT2D eigenvalue weighted by atomic mass is 9.88. The van der Waals surface area contributed by atoms with E-state index < -0.39 is 0 Å². The third-order valence-electron chi connectivity index (χ3n) is 5.13. The van der Waals surface area contributed by atoms with Crippen LogP contribution in [0.1, 0.15) is 12.8 Å². The van der Waals surface area contributed by atoms with E-state index in [-0.39, 0.29) is 12.1 Å². The third-order valence-corrected chi connectivity index (χ3v) is 5.47. The summed E-state index contributed by atoms with van der Waals surface area (Å²) in [4.78, 5) is 2.23. The Bertz CT molecular complexity index is 504. The minimum atomic E-state index is -0.181. The first-order valence-corrected chi connectivity index (χ1v) is 7.45. The van der Waals surface area contributed by atoms with Crippen LogP contribution >= 0.6 is 12.2 Å². The average Bonchev–Trinajstić information content (AvgIpc) is 3.01. The average molecular weight is 274 g/mol. The van der Waals surface area contributed by atoms with Gasteiger partial charge in [0, 0.05) is 12.2 Å². The number of para-hydroxylation sites is 1. The summed E-state index contributed by atoms with van der Waals surface area (Å²) in [5.74, 6) is 1.92. The quantitative estimate of drug-likeness (QED) is 0.769. The van der Waals surface area contributed by atoms with E-state index in [9.17, 15) is 5.11 Å². The topological polar surface area (TPSA) is 35.5 Å². The first kappa shape index (κ1) is 11.7. The highest BCUT2D eigenvalue weighted by Crippen LogP contribution is 2.54. The Balaban J connectivity index is 1.53. The van der Waals surface area contributed by atoms with Crippen LogP contribution in [-0.2, 0) is 0 Å². The minimum Gasteiger partial charge on any atom is -0.391 e. The Kier molecular flexibility index (Phi) is 2.57. The molecule has 3 aliphatic rings. The lowest BCUT2D eigenvalue weighted by molar-refractivity contribution is 0.0709. The van der Waals surface area contributed by atoms with Gasteiger partial charge in [-0.05, 0) is 54.9 Å². The molecule has 1 saturated heterocycles. The van der Waals surface area contributed by atoms with E-state index in [1.807, 2.05) is 30.3 Å². The van der Waals surface area contributed by atoms with Gasteiger partial charge in [0.25, 0.3) is 0 Å². The molecular weight excluding hydrogens is 256 g/mol. The number of likely N-dealkylation sites (tertiary alicyclic amines) is 1. The van der Waals surface area contributed by atoms with Crippen LogP contribution in [0.15, 0.2) is 30.3 Å². The van der Waals surface area contributed by atoms with Crippen LogP contribution in [0.4, 0.5) is 5.69 Å². The zero-order valence-corrected chi connectivity index (χ0v) is 11.5. The van der Waals surface area contributed by atoms with Crippen molar-refractivity contribution in [2.75, 3.05) is 11.9 Å². The van der Waals surface area contributed by atoms with Crippen LogP contribution in [0.3, 0.4) is 0 Å². The second-order valence-electron chi connectivity index (χ2n) is 6.09. The zero-order chi connectivity index (χ0) is 13.0. The molecule has 4 heteroatoms. The van der Waals surface area contributed by atoms with Crippen LogP contribution in [0, 0.1) is 17.8 Å². The van der Waals surface area contributed by atoms with Gasteiger partial charge in [-0.3, -0.25) is 0 Å². The van der Waals surface area contributed by atoms with Crippen molar-refractivity contribution in [3.05, 3.63) is 30.3 Å². The van der Waals surface area contributed by atoms with Crippen LogP contribution in [0.2, 0.25) is 0 Å². The molecule has 5 unspecified atom stereocenters. The van der Waals surface area contributed by atoms with E-state index >= 15 is 0 Å². The molecule has 2 N–H and O–H groups in total. The summed E-state index contributed by atoms with van der Waals surface area (Å²) in [6.07, 6.45) is 2.20. The molecule has 0 aromatic heterocycles. The molecule has 0 spiro atoms. The lowest BCUT2D eigenvalue weighted by Crippen LogP contribution is -2.45. The number of nitrogens with zero attached hydrogens (tertiary/aromatic N) is 1. The molecule has 1 aromatic rings. The summed E-state index contributed by atoms with van der Waals surface area (Å²) < 4.78 is 0. The number of aliphatic hydroxyl groups is 1. The van der Waals surface area contributed by atoms with E-state index in [2.05, 4.69) is 10.2 Å². The summed E-state index contributed by atoms with van der Waals surface area (Å²) in [5, 5.41) is 14.4. The van der Waals surface area contributed by atoms with Gasteiger partial charge >= 0.3 is 0 Å². The third kappa shape index (κ3) is 1.70. The Morgan fingerprint density at radius 2 is 2.00 bits per heavy atom. The monoisotopic (exact) mass is 274 g/mol. The number of fused-ring (bicyclic) bond motifs is 1. The molecular formula is C15H18N2OS. The first-order chi connectivity index (χ1) is 9.24. The summed E-state index contributed by atoms with van der Waals surface area (Å²) in [6.45, 7) is 1.02. The molecule has 2 saturated carbocycles. The number of aliphatic hydroxyl groups excluding tert-OH is 1. The summed E-state index contributed by atoms with van der Waals surface area (Å²) in [6, 6.07) is 10.3. The maximum atomic E-state index is 10.4. The Morgan fingerprint density at radius 3 is 2.74 bits per heavy atom. The van der Waals surface area contributed by atoms with Crippen molar-refractivity contribution in [1.29, 1.82) is 0 Å². The molecule has 100 valence electrons. The number of thiocarbonyl (C=S) groups is 1. The fraction of sp³-hybridized carbons (Fsp3) is 0.533. The van der Waals surface area contributed by atoms with Gasteiger partial charge in [-0.25, -0.2) is 0 Å². The lowest BCUT2D eigenvalue weighted by Gasteiger charge is -2.30. The predicted molar refractivity (Wildman–Crippen MR) is 78.9 cm³/mol. The van der Waals surface area contributed by atoms with Gasteiger partial charge in [0.2, 0.25) is 0 Å². The van der Waals surface area contributed by atoms with E-state index in [0.29, 0.717) is 11.8 Å². The van der Waals surface area contributed by atoms with Gasteiger partial charge in [0.1, 0.15) is 0 Å². The van der Waals surface area contributed by atoms with Crippen LogP contribution < -0.4 is 5.32 Å². The van der Waals surface area contributed by atoms with Crippen molar-refractivity contribution < 1.29 is 5.11 Å². The first-order valence-electron chi connectivity index (χ1n) is 7.05. The highest BCUT2D eigenvalue weighted by atomic mass is 32.1. The molecule has 4 rings (SSSR count). The maximum Gasteiger partial charge on any atom is 0.173 e. The highest BCUT2D eigenvalue weighted by molar-refractivity contribution is 7.80. The summed E-state index contributed by atoms with van der Waals surface area (Å²) in [5.41, 5.74) is 1.02. The molecule has 0 amide bonds. The standard InChI is InChI=1S/C15H18N2OS/c18-14-9-6-10-8-17(13(14)12(10)7-9)15(19)16-11-4-2-1-3-5-11/h1-5,9-10,12-14,18H,6-8H2,(H,16,19). The van der Waals surface area contributed by atoms with Gasteiger partial charge < -0.3 is 15.3 Å². The second-order valence-corrected chi connectivity index (χ2v) is 6.47. The summed E-state index contributed by atoms with van der Waals surface area (Å²) >= 11 is 5.55. The van der Waals surface area contributed by atoms with Gasteiger partial charge in [-0.1, -0.05) is 18.2 Å². The smallest absolute Gasteiger partial charge is 0.173 e. The van der Waals surface area contributed by atoms with Crippen molar-refractivity contribution in [3.8, 4) is 0 Å². The Morgan fingerprint density at radius 1 is 1.21 bits per heavy atom. The van der Waals surface area contributed by atoms with Crippen molar-refractivity contribution in [2.24, 2.45) is 17.8 Å². The number of benzene rings is 1. The van der Waals surface area contributed by atoms with Gasteiger partial charge in [0.15, 0.2) is 5.11 Å². The fourth-order valence-corrected chi connectivity index (χ4v) is 4.68. The fourth-order valence-electron chi connectivity index (χ4n) is 4.37. The van der Waals surface area contributed by atoms with Crippen molar-refractivity contribution >= 4 is 23.0 Å². The number of anilines is 1. The number of hydrogen-bond acceptors (Lipinski definition) is 2. The SMILES string of the molecule is OC1C2CC3CN(C(=S)Nc4ccccc4)C1C3C2. The Labute approximate surface area is 118 Å². The van der Waals surface area contributed by atoms with Crippen molar-refractivity contribution in [2.45, 2.75) is 25.0 Å². The van der Waals surface area contributed by atoms with Crippen molar-refractivity contribution in [1.82, 2.24) is 4.90 Å². The van der Waals surface area contributed by atoms with Crippen LogP contribution in [0.25, 0.3) is 0 Å². The molecule has 0 radical (unpaired) electrons. The molecule has 2 bridgehead atoms. The minimum absolute atomic E-state index is 0.181. The predicted octanol–water partition coefficient (Wildman–Crippen LogP) is 2.08. The van der Waals surface area contributed by atoms with E-state index in [1.54, 1.807) is 0 Å². The van der Waals surface area contributed by atoms with Gasteiger partial charge in [0.05, 0.1) is 12.1 Å². The molecule has 1 heterocycles. The number of hydrogen-bond donors (Lipinski definition) is 2.